The van der Waals surface area contributed by atoms with Gasteiger partial charge in [0.1, 0.15) is 10.7 Å². The van der Waals surface area contributed by atoms with E-state index in [0.29, 0.717) is 24.4 Å². The largest absolute Gasteiger partial charge is 0.377 e. The van der Waals surface area contributed by atoms with Crippen molar-refractivity contribution in [2.75, 3.05) is 19.7 Å². The molecule has 1 atom stereocenters. The number of hydrogen-bond acceptors (Lipinski definition) is 4. The summed E-state index contributed by atoms with van der Waals surface area (Å²) in [6.07, 6.45) is 4.38. The first-order valence-electron chi connectivity index (χ1n) is 8.25. The highest BCUT2D eigenvalue weighted by Crippen LogP contribution is 2.21. The molecule has 1 aliphatic heterocycles. The number of carbonyl (C=O) groups is 1. The van der Waals surface area contributed by atoms with E-state index in [1.807, 2.05) is 11.8 Å². The first kappa shape index (κ1) is 17.0. The van der Waals surface area contributed by atoms with Crippen LogP contribution < -0.4 is 0 Å². The van der Waals surface area contributed by atoms with Crippen LogP contribution in [-0.2, 0) is 11.2 Å². The highest BCUT2D eigenvalue weighted by Gasteiger charge is 2.25. The van der Waals surface area contributed by atoms with Crippen LogP contribution in [0.15, 0.2) is 30.5 Å². The molecule has 1 fully saturated rings. The SMILES string of the molecule is CCO[C@@H]1CCCN(C(=O)c2cnc(Cc3ccc(F)cc3)s2)C1. The molecule has 6 heteroatoms. The van der Waals surface area contributed by atoms with Crippen LogP contribution in [0.4, 0.5) is 4.39 Å². The van der Waals surface area contributed by atoms with Crippen LogP contribution in [0, 0.1) is 5.82 Å². The number of halogens is 1. The predicted octanol–water partition coefficient (Wildman–Crippen LogP) is 3.51. The van der Waals surface area contributed by atoms with E-state index in [2.05, 4.69) is 4.98 Å². The first-order valence-corrected chi connectivity index (χ1v) is 9.07. The third kappa shape index (κ3) is 4.19. The summed E-state index contributed by atoms with van der Waals surface area (Å²) < 4.78 is 18.6. The molecule has 2 aromatic rings. The maximum absolute atomic E-state index is 13.0. The molecule has 1 amide bonds. The number of rotatable bonds is 5. The second kappa shape index (κ2) is 7.85. The van der Waals surface area contributed by atoms with Gasteiger partial charge in [-0.25, -0.2) is 9.37 Å². The zero-order valence-electron chi connectivity index (χ0n) is 13.7. The first-order chi connectivity index (χ1) is 11.7. The monoisotopic (exact) mass is 348 g/mol. The van der Waals surface area contributed by atoms with E-state index in [4.69, 9.17) is 4.74 Å². The fraction of sp³-hybridized carbons (Fsp3) is 0.444. The molecule has 0 N–H and O–H groups in total. The second-order valence-corrected chi connectivity index (χ2v) is 7.01. The van der Waals surface area contributed by atoms with Crippen LogP contribution in [-0.4, -0.2) is 41.6 Å². The Hall–Kier alpha value is -1.79. The maximum Gasteiger partial charge on any atom is 0.265 e. The Morgan fingerprint density at radius 2 is 2.21 bits per heavy atom. The number of amides is 1. The van der Waals surface area contributed by atoms with Gasteiger partial charge in [0.25, 0.3) is 5.91 Å². The van der Waals surface area contributed by atoms with Crippen molar-refractivity contribution >= 4 is 17.2 Å². The molecular formula is C18H21FN2O2S. The van der Waals surface area contributed by atoms with Gasteiger partial charge in [0, 0.05) is 26.1 Å². The van der Waals surface area contributed by atoms with Crippen LogP contribution in [0.5, 0.6) is 0 Å². The van der Waals surface area contributed by atoms with Crippen molar-refractivity contribution in [3.05, 3.63) is 51.7 Å². The van der Waals surface area contributed by atoms with Crippen molar-refractivity contribution in [3.63, 3.8) is 0 Å². The summed E-state index contributed by atoms with van der Waals surface area (Å²) in [5, 5.41) is 0.864. The van der Waals surface area contributed by atoms with Crippen molar-refractivity contribution in [2.45, 2.75) is 32.3 Å². The molecule has 24 heavy (non-hydrogen) atoms. The number of aromatic nitrogens is 1. The van der Waals surface area contributed by atoms with Gasteiger partial charge < -0.3 is 9.64 Å². The number of benzene rings is 1. The van der Waals surface area contributed by atoms with Gasteiger partial charge in [-0.05, 0) is 37.5 Å². The molecule has 3 rings (SSSR count). The van der Waals surface area contributed by atoms with E-state index >= 15 is 0 Å². The molecule has 1 aliphatic rings. The minimum atomic E-state index is -0.247. The molecule has 1 aromatic carbocycles. The zero-order valence-corrected chi connectivity index (χ0v) is 14.5. The topological polar surface area (TPSA) is 42.4 Å². The molecule has 0 radical (unpaired) electrons. The van der Waals surface area contributed by atoms with Crippen LogP contribution in [0.1, 0.15) is 40.0 Å². The van der Waals surface area contributed by atoms with Gasteiger partial charge in [-0.3, -0.25) is 4.79 Å². The van der Waals surface area contributed by atoms with Crippen molar-refractivity contribution in [1.29, 1.82) is 0 Å². The number of nitrogens with zero attached hydrogens (tertiary/aromatic N) is 2. The number of hydrogen-bond donors (Lipinski definition) is 0. The lowest BCUT2D eigenvalue weighted by molar-refractivity contribution is 0.00741. The van der Waals surface area contributed by atoms with Crippen LogP contribution in [0.2, 0.25) is 0 Å². The molecule has 4 nitrogen and oxygen atoms in total. The molecule has 0 bridgehead atoms. The van der Waals surface area contributed by atoms with Gasteiger partial charge >= 0.3 is 0 Å². The standard InChI is InChI=1S/C18H21FN2O2S/c1-2-23-15-4-3-9-21(12-15)18(22)16-11-20-17(24-16)10-13-5-7-14(19)8-6-13/h5-8,11,15H,2-4,9-10,12H2,1H3/t15-/m1/s1. The number of thiazole rings is 1. The van der Waals surface area contributed by atoms with Crippen molar-refractivity contribution in [1.82, 2.24) is 9.88 Å². The van der Waals surface area contributed by atoms with E-state index in [0.717, 1.165) is 30.0 Å². The molecule has 0 unspecified atom stereocenters. The van der Waals surface area contributed by atoms with Gasteiger partial charge in [-0.15, -0.1) is 11.3 Å². The highest BCUT2D eigenvalue weighted by atomic mass is 32.1. The fourth-order valence-electron chi connectivity index (χ4n) is 2.92. The Morgan fingerprint density at radius 3 is 2.96 bits per heavy atom. The van der Waals surface area contributed by atoms with Crippen molar-refractivity contribution in [2.24, 2.45) is 0 Å². The average Bonchev–Trinajstić information content (AvgIpc) is 3.05. The molecule has 1 saturated heterocycles. The lowest BCUT2D eigenvalue weighted by atomic mass is 10.1. The van der Waals surface area contributed by atoms with Gasteiger partial charge in [0.2, 0.25) is 0 Å². The molecule has 1 aromatic heterocycles. The third-order valence-corrected chi connectivity index (χ3v) is 5.09. The van der Waals surface area contributed by atoms with E-state index in [9.17, 15) is 9.18 Å². The third-order valence-electron chi connectivity index (χ3n) is 4.10. The Kier molecular flexibility index (Phi) is 5.58. The Balaban J connectivity index is 1.64. The highest BCUT2D eigenvalue weighted by molar-refractivity contribution is 7.13. The van der Waals surface area contributed by atoms with Crippen molar-refractivity contribution < 1.29 is 13.9 Å². The lowest BCUT2D eigenvalue weighted by Gasteiger charge is -2.32. The summed E-state index contributed by atoms with van der Waals surface area (Å²) in [5.41, 5.74) is 0.985. The summed E-state index contributed by atoms with van der Waals surface area (Å²) in [4.78, 5) is 19.5. The van der Waals surface area contributed by atoms with Crippen LogP contribution in [0.3, 0.4) is 0 Å². The van der Waals surface area contributed by atoms with E-state index in [1.54, 1.807) is 18.3 Å². The Labute approximate surface area is 145 Å². The molecule has 0 spiro atoms. The normalized spacial score (nSPS) is 17.9. The Bertz CT molecular complexity index is 685. The fourth-order valence-corrected chi connectivity index (χ4v) is 3.84. The summed E-state index contributed by atoms with van der Waals surface area (Å²) in [6.45, 7) is 4.08. The summed E-state index contributed by atoms with van der Waals surface area (Å²) in [6, 6.07) is 6.37. The number of carbonyl (C=O) groups excluding carboxylic acids is 1. The van der Waals surface area contributed by atoms with E-state index in [-0.39, 0.29) is 17.8 Å². The second-order valence-electron chi connectivity index (χ2n) is 5.89. The lowest BCUT2D eigenvalue weighted by Crippen LogP contribution is -2.43. The van der Waals surface area contributed by atoms with Crippen molar-refractivity contribution in [3.8, 4) is 0 Å². The summed E-state index contributed by atoms with van der Waals surface area (Å²) >= 11 is 1.41. The number of ether oxygens (including phenoxy) is 1. The molecule has 128 valence electrons. The van der Waals surface area contributed by atoms with Gasteiger partial charge in [-0.2, -0.15) is 0 Å². The summed E-state index contributed by atoms with van der Waals surface area (Å²) in [7, 11) is 0. The van der Waals surface area contributed by atoms with Gasteiger partial charge in [0.05, 0.1) is 17.3 Å². The molecule has 0 saturated carbocycles. The van der Waals surface area contributed by atoms with Crippen LogP contribution in [0.25, 0.3) is 0 Å². The minimum Gasteiger partial charge on any atom is -0.377 e. The van der Waals surface area contributed by atoms with E-state index < -0.39 is 0 Å². The van der Waals surface area contributed by atoms with Crippen LogP contribution >= 0.6 is 11.3 Å². The molecular weight excluding hydrogens is 327 g/mol. The average molecular weight is 348 g/mol. The quantitative estimate of drug-likeness (QED) is 0.830. The zero-order chi connectivity index (χ0) is 16.9. The van der Waals surface area contributed by atoms with Gasteiger partial charge in [0.15, 0.2) is 0 Å². The smallest absolute Gasteiger partial charge is 0.265 e. The minimum absolute atomic E-state index is 0.0299. The predicted molar refractivity (Wildman–Crippen MR) is 91.9 cm³/mol. The number of piperidine rings is 1. The number of likely N-dealkylation sites (tertiary alicyclic amines) is 1. The van der Waals surface area contributed by atoms with Gasteiger partial charge in [-0.1, -0.05) is 12.1 Å². The summed E-state index contributed by atoms with van der Waals surface area (Å²) in [5.74, 6) is -0.218. The molecule has 0 aliphatic carbocycles. The maximum atomic E-state index is 13.0. The Morgan fingerprint density at radius 1 is 1.42 bits per heavy atom. The molecule has 2 heterocycles. The van der Waals surface area contributed by atoms with E-state index in [1.165, 1.54) is 23.5 Å².